The van der Waals surface area contributed by atoms with Gasteiger partial charge >= 0.3 is 0 Å². The molecule has 1 fully saturated rings. The molecule has 4 heteroatoms. The summed E-state index contributed by atoms with van der Waals surface area (Å²) in [5, 5.41) is 0. The molecule has 1 aliphatic rings. The fourth-order valence-corrected chi connectivity index (χ4v) is 2.81. The minimum absolute atomic E-state index is 0.212. The third kappa shape index (κ3) is 3.12. The second-order valence-corrected chi connectivity index (χ2v) is 5.17. The fourth-order valence-electron chi connectivity index (χ4n) is 1.81. The second kappa shape index (κ2) is 5.55. The van der Waals surface area contributed by atoms with Crippen LogP contribution < -0.4 is 0 Å². The maximum atomic E-state index is 11.8. The van der Waals surface area contributed by atoms with Crippen molar-refractivity contribution < 1.29 is 9.53 Å². The monoisotopic (exact) mass is 239 g/mol. The Labute approximate surface area is 100 Å². The minimum Gasteiger partial charge on any atom is -0.377 e. The van der Waals surface area contributed by atoms with E-state index in [1.807, 2.05) is 30.1 Å². The largest absolute Gasteiger partial charge is 0.377 e. The van der Waals surface area contributed by atoms with Crippen LogP contribution in [0.2, 0.25) is 0 Å². The molecule has 0 saturated carbocycles. The minimum atomic E-state index is 0.212. The maximum Gasteiger partial charge on any atom is 0.174 e. The molecular formula is C12H17NO2S. The van der Waals surface area contributed by atoms with Gasteiger partial charge in [0.1, 0.15) is 0 Å². The topological polar surface area (TPSA) is 31.2 Å². The molecule has 88 valence electrons. The summed E-state index contributed by atoms with van der Waals surface area (Å²) in [7, 11) is 1.93. The molecule has 0 aliphatic carbocycles. The van der Waals surface area contributed by atoms with Crippen LogP contribution in [0.5, 0.6) is 0 Å². The van der Waals surface area contributed by atoms with Gasteiger partial charge in [0.05, 0.1) is 11.9 Å². The third-order valence-corrected chi connectivity index (χ3v) is 3.79. The highest BCUT2D eigenvalue weighted by molar-refractivity contribution is 8.00. The quantitative estimate of drug-likeness (QED) is 0.738. The Morgan fingerprint density at radius 2 is 2.56 bits per heavy atom. The first kappa shape index (κ1) is 11.7. The number of carbonyl (C=O) groups is 1. The van der Waals surface area contributed by atoms with Gasteiger partial charge < -0.3 is 9.30 Å². The molecule has 1 saturated heterocycles. The molecule has 2 heterocycles. The molecule has 1 aromatic rings. The predicted molar refractivity (Wildman–Crippen MR) is 66.0 cm³/mol. The first-order valence-corrected chi connectivity index (χ1v) is 6.75. The Hall–Kier alpha value is -0.740. The number of hydrogen-bond acceptors (Lipinski definition) is 3. The molecule has 0 radical (unpaired) electrons. The molecule has 1 aliphatic heterocycles. The molecule has 2 rings (SSSR count). The Bertz CT molecular complexity index is 356. The smallest absolute Gasteiger partial charge is 0.174 e. The first-order chi connectivity index (χ1) is 7.75. The summed E-state index contributed by atoms with van der Waals surface area (Å²) in [4.78, 5) is 11.8. The van der Waals surface area contributed by atoms with E-state index >= 15 is 0 Å². The van der Waals surface area contributed by atoms with E-state index < -0.39 is 0 Å². The Kier molecular flexibility index (Phi) is 4.07. The molecule has 0 N–H and O–H groups in total. The van der Waals surface area contributed by atoms with E-state index in [1.54, 1.807) is 11.8 Å². The van der Waals surface area contributed by atoms with Gasteiger partial charge in [0.25, 0.3) is 0 Å². The summed E-state index contributed by atoms with van der Waals surface area (Å²) in [5.41, 5.74) is 0.808. The van der Waals surface area contributed by atoms with Crippen molar-refractivity contribution in [2.75, 3.05) is 18.1 Å². The van der Waals surface area contributed by atoms with Gasteiger partial charge in [-0.3, -0.25) is 4.79 Å². The van der Waals surface area contributed by atoms with Crippen LogP contribution in [0.4, 0.5) is 0 Å². The zero-order valence-corrected chi connectivity index (χ0v) is 10.3. The number of nitrogens with zero attached hydrogens (tertiary/aromatic N) is 1. The summed E-state index contributed by atoms with van der Waals surface area (Å²) < 4.78 is 7.41. The second-order valence-electron chi connectivity index (χ2n) is 4.14. The van der Waals surface area contributed by atoms with Crippen molar-refractivity contribution >= 4 is 17.5 Å². The highest BCUT2D eigenvalue weighted by Crippen LogP contribution is 2.17. The number of thioether (sulfide) groups is 1. The predicted octanol–water partition coefficient (Wildman–Crippen LogP) is 2.12. The van der Waals surface area contributed by atoms with E-state index in [9.17, 15) is 4.79 Å². The molecule has 3 nitrogen and oxygen atoms in total. The number of ketones is 1. The average Bonchev–Trinajstić information content (AvgIpc) is 2.89. The number of aryl methyl sites for hydroxylation is 1. The number of rotatable bonds is 5. The SMILES string of the molecule is Cn1ccc(C(=O)CSCC2CCCO2)c1. The van der Waals surface area contributed by atoms with Crippen molar-refractivity contribution in [2.24, 2.45) is 7.05 Å². The van der Waals surface area contributed by atoms with Gasteiger partial charge in [-0.1, -0.05) is 0 Å². The van der Waals surface area contributed by atoms with E-state index in [4.69, 9.17) is 4.74 Å². The number of hydrogen-bond donors (Lipinski definition) is 0. The van der Waals surface area contributed by atoms with Crippen LogP contribution in [0.3, 0.4) is 0 Å². The molecule has 0 bridgehead atoms. The first-order valence-electron chi connectivity index (χ1n) is 5.60. The molecule has 16 heavy (non-hydrogen) atoms. The molecule has 1 aromatic heterocycles. The van der Waals surface area contributed by atoms with Crippen molar-refractivity contribution in [3.8, 4) is 0 Å². The standard InChI is InChI=1S/C12H17NO2S/c1-13-5-4-10(7-13)12(14)9-16-8-11-3-2-6-15-11/h4-5,7,11H,2-3,6,8-9H2,1H3. The Morgan fingerprint density at radius 1 is 1.69 bits per heavy atom. The summed E-state index contributed by atoms with van der Waals surface area (Å²) in [6, 6.07) is 1.87. The lowest BCUT2D eigenvalue weighted by molar-refractivity contribution is 0.102. The Balaban J connectivity index is 1.71. The van der Waals surface area contributed by atoms with Crippen LogP contribution in [-0.2, 0) is 11.8 Å². The van der Waals surface area contributed by atoms with E-state index in [2.05, 4.69) is 0 Å². The zero-order valence-electron chi connectivity index (χ0n) is 9.52. The summed E-state index contributed by atoms with van der Waals surface area (Å²) in [6.07, 6.45) is 6.45. The lowest BCUT2D eigenvalue weighted by Gasteiger charge is -2.07. The van der Waals surface area contributed by atoms with Crippen LogP contribution in [0.15, 0.2) is 18.5 Å². The Morgan fingerprint density at radius 3 is 3.19 bits per heavy atom. The number of ether oxygens (including phenoxy) is 1. The third-order valence-electron chi connectivity index (χ3n) is 2.71. The lowest BCUT2D eigenvalue weighted by Crippen LogP contribution is -2.10. The van der Waals surface area contributed by atoms with Gasteiger partial charge in [0, 0.05) is 37.4 Å². The van der Waals surface area contributed by atoms with Gasteiger partial charge in [-0.15, -0.1) is 0 Å². The van der Waals surface area contributed by atoms with Gasteiger partial charge in [0.15, 0.2) is 5.78 Å². The normalized spacial score (nSPS) is 20.2. The van der Waals surface area contributed by atoms with Crippen LogP contribution in [0.1, 0.15) is 23.2 Å². The van der Waals surface area contributed by atoms with E-state index in [-0.39, 0.29) is 5.78 Å². The maximum absolute atomic E-state index is 11.8. The molecule has 0 aromatic carbocycles. The summed E-state index contributed by atoms with van der Waals surface area (Å²) in [6.45, 7) is 0.887. The average molecular weight is 239 g/mol. The molecule has 0 spiro atoms. The summed E-state index contributed by atoms with van der Waals surface area (Å²) in [5.74, 6) is 1.71. The van der Waals surface area contributed by atoms with E-state index in [1.165, 1.54) is 0 Å². The number of aromatic nitrogens is 1. The van der Waals surface area contributed by atoms with Crippen LogP contribution >= 0.6 is 11.8 Å². The van der Waals surface area contributed by atoms with Crippen molar-refractivity contribution in [3.63, 3.8) is 0 Å². The van der Waals surface area contributed by atoms with Crippen LogP contribution in [0.25, 0.3) is 0 Å². The van der Waals surface area contributed by atoms with Gasteiger partial charge in [-0.2, -0.15) is 11.8 Å². The fraction of sp³-hybridized carbons (Fsp3) is 0.583. The van der Waals surface area contributed by atoms with Crippen molar-refractivity contribution in [1.82, 2.24) is 4.57 Å². The van der Waals surface area contributed by atoms with E-state index in [0.717, 1.165) is 30.8 Å². The van der Waals surface area contributed by atoms with Crippen molar-refractivity contribution in [1.29, 1.82) is 0 Å². The molecule has 0 amide bonds. The highest BCUT2D eigenvalue weighted by atomic mass is 32.2. The summed E-state index contributed by atoms with van der Waals surface area (Å²) >= 11 is 1.68. The van der Waals surface area contributed by atoms with Gasteiger partial charge in [-0.05, 0) is 18.9 Å². The van der Waals surface area contributed by atoms with E-state index in [0.29, 0.717) is 11.9 Å². The zero-order chi connectivity index (χ0) is 11.4. The number of carbonyl (C=O) groups excluding carboxylic acids is 1. The molecular weight excluding hydrogens is 222 g/mol. The molecule has 1 unspecified atom stereocenters. The van der Waals surface area contributed by atoms with Crippen LogP contribution in [-0.4, -0.2) is 34.6 Å². The van der Waals surface area contributed by atoms with Gasteiger partial charge in [-0.25, -0.2) is 0 Å². The van der Waals surface area contributed by atoms with Crippen molar-refractivity contribution in [3.05, 3.63) is 24.0 Å². The van der Waals surface area contributed by atoms with Crippen LogP contribution in [0, 0.1) is 0 Å². The van der Waals surface area contributed by atoms with Gasteiger partial charge in [0.2, 0.25) is 0 Å². The lowest BCUT2D eigenvalue weighted by atomic mass is 10.2. The number of Topliss-reactive ketones (excluding diaryl/α,β-unsaturated/α-hetero) is 1. The van der Waals surface area contributed by atoms with Crippen molar-refractivity contribution in [2.45, 2.75) is 18.9 Å². The highest BCUT2D eigenvalue weighted by Gasteiger charge is 2.16. The molecule has 1 atom stereocenters.